The molecule has 3 aliphatic heterocycles. The van der Waals surface area contributed by atoms with Crippen molar-refractivity contribution in [2.75, 3.05) is 44.2 Å². The summed E-state index contributed by atoms with van der Waals surface area (Å²) in [5.74, 6) is 0. The molecule has 0 radical (unpaired) electrons. The summed E-state index contributed by atoms with van der Waals surface area (Å²) >= 11 is 8.47. The Morgan fingerprint density at radius 3 is 2.64 bits per heavy atom. The molecule has 0 amide bonds. The molecule has 6 nitrogen and oxygen atoms in total. The number of ether oxygens (including phenoxy) is 1. The van der Waals surface area contributed by atoms with E-state index in [1.54, 1.807) is 0 Å². The molecule has 2 bridgehead atoms. The second kappa shape index (κ2) is 8.03. The van der Waals surface area contributed by atoms with Gasteiger partial charge in [0.25, 0.3) is 0 Å². The van der Waals surface area contributed by atoms with Crippen molar-refractivity contribution in [1.29, 1.82) is 0 Å². The highest BCUT2D eigenvalue weighted by molar-refractivity contribution is 7.99. The summed E-state index contributed by atoms with van der Waals surface area (Å²) in [4.78, 5) is 12.9. The average molecular weight is 423 g/mol. The van der Waals surface area contributed by atoms with Crippen LogP contribution in [0.15, 0.2) is 17.3 Å². The average Bonchev–Trinajstić information content (AvgIpc) is 3.23. The normalized spacial score (nSPS) is 28.4. The summed E-state index contributed by atoms with van der Waals surface area (Å²) in [5, 5.41) is 11.5. The molecule has 3 saturated heterocycles. The van der Waals surface area contributed by atoms with Crippen molar-refractivity contribution in [3.8, 4) is 0 Å². The minimum Gasteiger partial charge on any atom is -0.395 e. The van der Waals surface area contributed by atoms with Crippen LogP contribution in [-0.2, 0) is 4.74 Å². The van der Waals surface area contributed by atoms with Crippen LogP contribution in [0.5, 0.6) is 0 Å². The highest BCUT2D eigenvalue weighted by Gasteiger charge is 2.35. The lowest BCUT2D eigenvalue weighted by molar-refractivity contribution is 0.00861. The Kier molecular flexibility index (Phi) is 5.45. The van der Waals surface area contributed by atoms with E-state index < -0.39 is 0 Å². The highest BCUT2D eigenvalue weighted by Crippen LogP contribution is 2.40. The third-order valence-electron chi connectivity index (χ3n) is 6.18. The number of halogens is 1. The van der Waals surface area contributed by atoms with Crippen molar-refractivity contribution in [1.82, 2.24) is 14.9 Å². The van der Waals surface area contributed by atoms with E-state index in [2.05, 4.69) is 20.9 Å². The van der Waals surface area contributed by atoms with Gasteiger partial charge in [-0.2, -0.15) is 0 Å². The fraction of sp³-hybridized carbons (Fsp3) is 0.650. The molecule has 4 heterocycles. The minimum atomic E-state index is 0.217. The van der Waals surface area contributed by atoms with E-state index in [0.717, 1.165) is 72.5 Å². The van der Waals surface area contributed by atoms with Gasteiger partial charge in [-0.3, -0.25) is 4.90 Å². The number of H-pyrrole nitrogens is 1. The number of benzene rings is 1. The Labute approximate surface area is 174 Å². The number of imidazole rings is 1. The zero-order valence-corrected chi connectivity index (χ0v) is 17.5. The van der Waals surface area contributed by atoms with Gasteiger partial charge in [0.2, 0.25) is 0 Å². The standard InChI is InChI=1S/C20H27ClN4O2S/c21-16-11-17-18(12-19(16)25-5-3-24(4-6-25)7-8-26)23-20(22-17)28-15-9-13-1-2-14(10-15)27-13/h11-15,26H,1-10H2,(H,22,23)/t13-,14+,15?. The molecule has 1 aromatic heterocycles. The Bertz CT molecular complexity index is 827. The smallest absolute Gasteiger partial charge is 0.166 e. The van der Waals surface area contributed by atoms with Crippen molar-refractivity contribution in [3.63, 3.8) is 0 Å². The van der Waals surface area contributed by atoms with Crippen molar-refractivity contribution < 1.29 is 9.84 Å². The Balaban J connectivity index is 1.30. The van der Waals surface area contributed by atoms with E-state index in [1.165, 1.54) is 12.8 Å². The van der Waals surface area contributed by atoms with E-state index in [1.807, 2.05) is 17.8 Å². The van der Waals surface area contributed by atoms with Gasteiger partial charge in [-0.1, -0.05) is 23.4 Å². The van der Waals surface area contributed by atoms with Crippen LogP contribution in [0.25, 0.3) is 11.0 Å². The SMILES string of the molecule is OCCN1CCN(c2cc3nc(SC4C[C@H]5CC[C@@H](C4)O5)[nH]c3cc2Cl)CC1. The lowest BCUT2D eigenvalue weighted by atomic mass is 10.1. The number of hydrogen-bond acceptors (Lipinski definition) is 6. The predicted molar refractivity (Wildman–Crippen MR) is 114 cm³/mol. The van der Waals surface area contributed by atoms with Crippen LogP contribution in [0, 0.1) is 0 Å². The third kappa shape index (κ3) is 3.87. The molecule has 1 unspecified atom stereocenters. The van der Waals surface area contributed by atoms with Crippen molar-refractivity contribution >= 4 is 40.1 Å². The summed E-state index contributed by atoms with van der Waals surface area (Å²) in [7, 11) is 0. The Hall–Kier alpha value is -0.990. The van der Waals surface area contributed by atoms with Gasteiger partial charge >= 0.3 is 0 Å². The largest absolute Gasteiger partial charge is 0.395 e. The molecule has 28 heavy (non-hydrogen) atoms. The molecule has 0 aliphatic carbocycles. The first kappa shape index (κ1) is 19.0. The van der Waals surface area contributed by atoms with E-state index in [9.17, 15) is 0 Å². The van der Waals surface area contributed by atoms with Gasteiger partial charge in [-0.15, -0.1) is 0 Å². The first-order chi connectivity index (χ1) is 13.7. The molecule has 2 N–H and O–H groups in total. The maximum Gasteiger partial charge on any atom is 0.166 e. The first-order valence-corrected chi connectivity index (χ1v) is 11.5. The van der Waals surface area contributed by atoms with Gasteiger partial charge in [0, 0.05) is 38.0 Å². The van der Waals surface area contributed by atoms with E-state index in [0.29, 0.717) is 17.5 Å². The van der Waals surface area contributed by atoms with Gasteiger partial charge in [0.15, 0.2) is 5.16 Å². The van der Waals surface area contributed by atoms with Crippen molar-refractivity contribution in [2.45, 2.75) is 48.3 Å². The van der Waals surface area contributed by atoms with Gasteiger partial charge in [0.05, 0.1) is 40.6 Å². The zero-order chi connectivity index (χ0) is 19.1. The number of rotatable bonds is 5. The van der Waals surface area contributed by atoms with Crippen LogP contribution in [0.3, 0.4) is 0 Å². The number of aromatic nitrogens is 2. The predicted octanol–water partition coefficient (Wildman–Crippen LogP) is 3.13. The molecule has 3 fully saturated rings. The second-order valence-electron chi connectivity index (χ2n) is 8.08. The number of thioether (sulfide) groups is 1. The van der Waals surface area contributed by atoms with Gasteiger partial charge < -0.3 is 19.7 Å². The number of piperazine rings is 1. The second-order valence-corrected chi connectivity index (χ2v) is 9.78. The lowest BCUT2D eigenvalue weighted by Crippen LogP contribution is -2.47. The summed E-state index contributed by atoms with van der Waals surface area (Å²) < 4.78 is 5.96. The number of nitrogens with zero attached hydrogens (tertiary/aromatic N) is 3. The van der Waals surface area contributed by atoms with E-state index in [-0.39, 0.29) is 6.61 Å². The number of fused-ring (bicyclic) bond motifs is 3. The first-order valence-electron chi connectivity index (χ1n) is 10.3. The van der Waals surface area contributed by atoms with E-state index >= 15 is 0 Å². The third-order valence-corrected chi connectivity index (χ3v) is 7.62. The van der Waals surface area contributed by atoms with Gasteiger partial charge in [-0.05, 0) is 37.8 Å². The highest BCUT2D eigenvalue weighted by atomic mass is 35.5. The molecular formula is C20H27ClN4O2S. The lowest BCUT2D eigenvalue weighted by Gasteiger charge is -2.36. The molecule has 0 spiro atoms. The van der Waals surface area contributed by atoms with Gasteiger partial charge in [0.1, 0.15) is 0 Å². The quantitative estimate of drug-likeness (QED) is 0.771. The topological polar surface area (TPSA) is 64.6 Å². The molecule has 3 atom stereocenters. The number of anilines is 1. The summed E-state index contributed by atoms with van der Waals surface area (Å²) in [5.41, 5.74) is 3.05. The molecule has 3 aliphatic rings. The summed E-state index contributed by atoms with van der Waals surface area (Å²) in [6.45, 7) is 4.69. The molecule has 8 heteroatoms. The number of nitrogens with one attached hydrogen (secondary N) is 1. The number of aromatic amines is 1. The van der Waals surface area contributed by atoms with Crippen LogP contribution in [0.2, 0.25) is 5.02 Å². The monoisotopic (exact) mass is 422 g/mol. The zero-order valence-electron chi connectivity index (χ0n) is 15.9. The van der Waals surface area contributed by atoms with Crippen molar-refractivity contribution in [3.05, 3.63) is 17.2 Å². The van der Waals surface area contributed by atoms with Crippen LogP contribution in [0.1, 0.15) is 25.7 Å². The molecule has 2 aromatic rings. The fourth-order valence-corrected chi connectivity index (χ4v) is 6.25. The summed E-state index contributed by atoms with van der Waals surface area (Å²) in [6, 6.07) is 4.13. The number of hydrogen-bond donors (Lipinski definition) is 2. The Morgan fingerprint density at radius 2 is 1.93 bits per heavy atom. The minimum absolute atomic E-state index is 0.217. The maximum absolute atomic E-state index is 9.12. The molecule has 0 saturated carbocycles. The molecular weight excluding hydrogens is 396 g/mol. The molecule has 152 valence electrons. The number of β-amino-alcohol motifs (C(OH)–C–C–N with tert-alkyl or cyclic N) is 1. The number of aliphatic hydroxyl groups excluding tert-OH is 1. The fourth-order valence-electron chi connectivity index (χ4n) is 4.71. The maximum atomic E-state index is 9.12. The van der Waals surface area contributed by atoms with Crippen LogP contribution < -0.4 is 4.90 Å². The molecule has 5 rings (SSSR count). The van der Waals surface area contributed by atoms with Crippen molar-refractivity contribution in [2.24, 2.45) is 0 Å². The number of aliphatic hydroxyl groups is 1. The van der Waals surface area contributed by atoms with Gasteiger partial charge in [-0.25, -0.2) is 4.98 Å². The van der Waals surface area contributed by atoms with Crippen LogP contribution in [0.4, 0.5) is 5.69 Å². The molecule has 1 aromatic carbocycles. The van der Waals surface area contributed by atoms with Crippen LogP contribution in [-0.4, -0.2) is 76.8 Å². The van der Waals surface area contributed by atoms with Crippen LogP contribution >= 0.6 is 23.4 Å². The summed E-state index contributed by atoms with van der Waals surface area (Å²) in [6.07, 6.45) is 5.58. The Morgan fingerprint density at radius 1 is 1.18 bits per heavy atom. The van der Waals surface area contributed by atoms with E-state index in [4.69, 9.17) is 26.4 Å².